The van der Waals surface area contributed by atoms with Crippen LogP contribution in [0.2, 0.25) is 0 Å². The quantitative estimate of drug-likeness (QED) is 0.526. The van der Waals surface area contributed by atoms with Crippen molar-refractivity contribution in [3.8, 4) is 34.3 Å². The molecule has 0 aliphatic carbocycles. The first-order chi connectivity index (χ1) is 12.8. The minimum absolute atomic E-state index is 0. The van der Waals surface area contributed by atoms with E-state index in [1.165, 1.54) is 0 Å². The van der Waals surface area contributed by atoms with Gasteiger partial charge in [-0.05, 0) is 24.5 Å². The number of thioether (sulfide) groups is 1. The highest BCUT2D eigenvalue weighted by molar-refractivity contribution is 7.98. The van der Waals surface area contributed by atoms with Gasteiger partial charge in [-0.2, -0.15) is 0 Å². The second kappa shape index (κ2) is 6.97. The predicted octanol–water partition coefficient (Wildman–Crippen LogP) is 4.66. The number of rotatable bonds is 4. The van der Waals surface area contributed by atoms with Gasteiger partial charge in [0.05, 0.1) is 11.9 Å². The summed E-state index contributed by atoms with van der Waals surface area (Å²) in [5.41, 5.74) is 8.92. The standard InChI is InChI=1S/C19H15N5OS.2H2/c1-26-15-10-6-5-9-13(15)14-11-21-17(20)16(22-14)19-24-23-18(25-19)12-7-3-2-4-8-12;;/h2-11H,1H3,(H2,20,21);2*1H. The molecule has 4 rings (SSSR count). The molecule has 132 valence electrons. The van der Waals surface area contributed by atoms with Crippen molar-refractivity contribution in [3.05, 3.63) is 60.8 Å². The molecule has 6 nitrogen and oxygen atoms in total. The lowest BCUT2D eigenvalue weighted by Gasteiger charge is -2.08. The van der Waals surface area contributed by atoms with E-state index < -0.39 is 0 Å². The summed E-state index contributed by atoms with van der Waals surface area (Å²) in [6.45, 7) is 0. The van der Waals surface area contributed by atoms with Crippen LogP contribution in [-0.4, -0.2) is 26.4 Å². The summed E-state index contributed by atoms with van der Waals surface area (Å²) in [7, 11) is 0. The van der Waals surface area contributed by atoms with Crippen LogP contribution < -0.4 is 5.73 Å². The Kier molecular flexibility index (Phi) is 4.37. The van der Waals surface area contributed by atoms with Gasteiger partial charge >= 0.3 is 0 Å². The third-order valence-corrected chi connectivity index (χ3v) is 4.63. The lowest BCUT2D eigenvalue weighted by atomic mass is 10.1. The molecule has 2 aromatic carbocycles. The van der Waals surface area contributed by atoms with Gasteiger partial charge in [-0.25, -0.2) is 9.97 Å². The molecule has 0 unspecified atom stereocenters. The molecule has 0 bridgehead atoms. The van der Waals surface area contributed by atoms with Gasteiger partial charge in [0.1, 0.15) is 0 Å². The molecule has 0 atom stereocenters. The smallest absolute Gasteiger partial charge is 0.270 e. The first-order valence-corrected chi connectivity index (χ1v) is 9.14. The molecular weight excluding hydrogens is 346 g/mol. The van der Waals surface area contributed by atoms with Crippen molar-refractivity contribution in [3.63, 3.8) is 0 Å². The van der Waals surface area contributed by atoms with Crippen LogP contribution in [0.15, 0.2) is 70.1 Å². The molecule has 0 spiro atoms. The summed E-state index contributed by atoms with van der Waals surface area (Å²) in [5.74, 6) is 0.910. The van der Waals surface area contributed by atoms with Crippen molar-refractivity contribution in [2.45, 2.75) is 4.90 Å². The molecular formula is C19H19N5OS. The number of hydrogen-bond donors (Lipinski definition) is 1. The molecule has 26 heavy (non-hydrogen) atoms. The third kappa shape index (κ3) is 3.04. The second-order valence-corrected chi connectivity index (χ2v) is 6.32. The molecule has 0 aliphatic heterocycles. The third-order valence-electron chi connectivity index (χ3n) is 3.83. The van der Waals surface area contributed by atoms with E-state index in [2.05, 4.69) is 20.2 Å². The van der Waals surface area contributed by atoms with Crippen LogP contribution in [0.4, 0.5) is 5.82 Å². The summed E-state index contributed by atoms with van der Waals surface area (Å²) in [5, 5.41) is 8.19. The van der Waals surface area contributed by atoms with Crippen LogP contribution in [0.5, 0.6) is 0 Å². The van der Waals surface area contributed by atoms with Crippen LogP contribution >= 0.6 is 11.8 Å². The lowest BCUT2D eigenvalue weighted by Crippen LogP contribution is -1.99. The highest BCUT2D eigenvalue weighted by atomic mass is 32.2. The Labute approximate surface area is 157 Å². The van der Waals surface area contributed by atoms with E-state index >= 15 is 0 Å². The van der Waals surface area contributed by atoms with Gasteiger partial charge in [-0.15, -0.1) is 22.0 Å². The fourth-order valence-electron chi connectivity index (χ4n) is 2.56. The minimum Gasteiger partial charge on any atom is -0.414 e. The summed E-state index contributed by atoms with van der Waals surface area (Å²) >= 11 is 1.65. The number of nitrogen functional groups attached to an aromatic ring is 1. The maximum atomic E-state index is 6.01. The summed E-state index contributed by atoms with van der Waals surface area (Å²) in [6.07, 6.45) is 3.68. The molecule has 0 fully saturated rings. The minimum atomic E-state index is 0. The summed E-state index contributed by atoms with van der Waals surface area (Å²) < 4.78 is 5.77. The van der Waals surface area contributed by atoms with E-state index in [0.717, 1.165) is 16.0 Å². The molecule has 2 N–H and O–H groups in total. The largest absolute Gasteiger partial charge is 0.414 e. The first kappa shape index (κ1) is 16.3. The Morgan fingerprint density at radius 1 is 0.962 bits per heavy atom. The molecule has 0 amide bonds. The molecule has 0 saturated heterocycles. The summed E-state index contributed by atoms with van der Waals surface area (Å²) in [6, 6.07) is 17.5. The average molecular weight is 365 g/mol. The number of nitrogens with two attached hydrogens (primary N) is 1. The van der Waals surface area contributed by atoms with Crippen molar-refractivity contribution >= 4 is 17.6 Å². The molecule has 2 aromatic heterocycles. The van der Waals surface area contributed by atoms with E-state index in [1.54, 1.807) is 18.0 Å². The van der Waals surface area contributed by atoms with Gasteiger partial charge in [0.25, 0.3) is 5.89 Å². The number of nitrogens with zero attached hydrogens (tertiary/aromatic N) is 4. The number of hydrogen-bond acceptors (Lipinski definition) is 7. The number of benzene rings is 2. The average Bonchev–Trinajstić information content (AvgIpc) is 3.19. The highest BCUT2D eigenvalue weighted by Crippen LogP contribution is 2.31. The zero-order valence-corrected chi connectivity index (χ0v) is 14.8. The van der Waals surface area contributed by atoms with Crippen LogP contribution in [0.25, 0.3) is 34.3 Å². The van der Waals surface area contributed by atoms with E-state index in [0.29, 0.717) is 17.3 Å². The van der Waals surface area contributed by atoms with E-state index in [1.807, 2.05) is 60.9 Å². The van der Waals surface area contributed by atoms with Crippen molar-refractivity contribution in [1.82, 2.24) is 20.2 Å². The number of aromatic nitrogens is 4. The predicted molar refractivity (Wildman–Crippen MR) is 107 cm³/mol. The Hall–Kier alpha value is -3.19. The fourth-order valence-corrected chi connectivity index (χ4v) is 3.17. The molecule has 0 saturated carbocycles. The van der Waals surface area contributed by atoms with Gasteiger partial charge in [0.2, 0.25) is 5.89 Å². The van der Waals surface area contributed by atoms with Gasteiger partial charge < -0.3 is 10.2 Å². The van der Waals surface area contributed by atoms with Gasteiger partial charge in [0.15, 0.2) is 11.5 Å². The Balaban J connectivity index is 0.00000140. The van der Waals surface area contributed by atoms with Crippen molar-refractivity contribution < 1.29 is 7.27 Å². The number of anilines is 1. The van der Waals surface area contributed by atoms with Crippen molar-refractivity contribution in [1.29, 1.82) is 0 Å². The van der Waals surface area contributed by atoms with Crippen LogP contribution in [-0.2, 0) is 0 Å². The van der Waals surface area contributed by atoms with Crippen molar-refractivity contribution in [2.75, 3.05) is 12.0 Å². The first-order valence-electron chi connectivity index (χ1n) is 7.91. The van der Waals surface area contributed by atoms with E-state index in [9.17, 15) is 0 Å². The maximum Gasteiger partial charge on any atom is 0.270 e. The molecule has 2 heterocycles. The van der Waals surface area contributed by atoms with Crippen molar-refractivity contribution in [2.24, 2.45) is 0 Å². The van der Waals surface area contributed by atoms with Crippen LogP contribution in [0.3, 0.4) is 0 Å². The highest BCUT2D eigenvalue weighted by Gasteiger charge is 2.17. The normalized spacial score (nSPS) is 10.8. The molecule has 0 aliphatic rings. The maximum absolute atomic E-state index is 6.01. The Morgan fingerprint density at radius 3 is 2.50 bits per heavy atom. The van der Waals surface area contributed by atoms with Crippen LogP contribution in [0.1, 0.15) is 2.85 Å². The zero-order valence-electron chi connectivity index (χ0n) is 14.0. The van der Waals surface area contributed by atoms with E-state index in [4.69, 9.17) is 10.2 Å². The van der Waals surface area contributed by atoms with Crippen LogP contribution in [0, 0.1) is 0 Å². The second-order valence-electron chi connectivity index (χ2n) is 5.47. The van der Waals surface area contributed by atoms with Gasteiger partial charge in [0, 0.05) is 18.9 Å². The Morgan fingerprint density at radius 2 is 1.69 bits per heavy atom. The fraction of sp³-hybridized carbons (Fsp3) is 0.0526. The monoisotopic (exact) mass is 365 g/mol. The van der Waals surface area contributed by atoms with Gasteiger partial charge in [-0.1, -0.05) is 36.4 Å². The van der Waals surface area contributed by atoms with E-state index in [-0.39, 0.29) is 14.6 Å². The zero-order chi connectivity index (χ0) is 17.9. The SMILES string of the molecule is CSc1ccccc1-c1cnc(N)c(-c2nnc(-c3ccccc3)o2)n1.[HH].[HH]. The molecule has 7 heteroatoms. The molecule has 0 radical (unpaired) electrons. The summed E-state index contributed by atoms with van der Waals surface area (Å²) in [4.78, 5) is 10.0. The topological polar surface area (TPSA) is 90.7 Å². The lowest BCUT2D eigenvalue weighted by molar-refractivity contribution is 0.582. The van der Waals surface area contributed by atoms with Gasteiger partial charge in [-0.3, -0.25) is 0 Å². The molecule has 4 aromatic rings. The Bertz CT molecular complexity index is 1060.